The first-order valence-corrected chi connectivity index (χ1v) is 2.71. The molecule has 0 fully saturated rings. The molecule has 1 atom stereocenters. The first kappa shape index (κ1) is 9.31. The number of hydrogen-bond donors (Lipinski definition) is 1. The van der Waals surface area contributed by atoms with E-state index in [1.54, 1.807) is 0 Å². The van der Waals surface area contributed by atoms with E-state index in [0.29, 0.717) is 0 Å². The molecular weight excluding hydrogens is 143 g/mol. The zero-order chi connectivity index (χ0) is 8.20. The van der Waals surface area contributed by atoms with Crippen LogP contribution in [0.1, 0.15) is 12.8 Å². The second kappa shape index (κ2) is 3.47. The normalized spacial score (nSPS) is 14.3. The maximum Gasteiger partial charge on any atom is 0.390 e. The van der Waals surface area contributed by atoms with Crippen molar-refractivity contribution in [2.45, 2.75) is 25.1 Å². The maximum atomic E-state index is 11.5. The number of rotatable bonds is 2. The minimum Gasteiger partial charge on any atom is -0.327 e. The van der Waals surface area contributed by atoms with Crippen LogP contribution in [0.5, 0.6) is 0 Å². The van der Waals surface area contributed by atoms with Crippen LogP contribution >= 0.6 is 0 Å². The summed E-state index contributed by atoms with van der Waals surface area (Å²) in [5, 5.41) is 0. The van der Waals surface area contributed by atoms with Gasteiger partial charge in [0, 0.05) is 12.5 Å². The number of terminal acetylenes is 1. The maximum absolute atomic E-state index is 11.5. The Bertz CT molecular complexity index is 133. The van der Waals surface area contributed by atoms with Gasteiger partial charge in [0.25, 0.3) is 0 Å². The summed E-state index contributed by atoms with van der Waals surface area (Å²) < 4.78 is 34.4. The average Bonchev–Trinajstić information content (AvgIpc) is 1.59. The van der Waals surface area contributed by atoms with E-state index in [2.05, 4.69) is 5.92 Å². The predicted molar refractivity (Wildman–Crippen MR) is 32.1 cm³/mol. The lowest BCUT2D eigenvalue weighted by Gasteiger charge is -2.10. The summed E-state index contributed by atoms with van der Waals surface area (Å²) in [6, 6.07) is -0.954. The van der Waals surface area contributed by atoms with E-state index >= 15 is 0 Å². The fourth-order valence-corrected chi connectivity index (χ4v) is 0.521. The van der Waals surface area contributed by atoms with E-state index in [1.807, 2.05) is 0 Å². The Morgan fingerprint density at radius 1 is 1.50 bits per heavy atom. The number of halogens is 3. The second-order valence-electron chi connectivity index (χ2n) is 1.99. The monoisotopic (exact) mass is 151 g/mol. The minimum absolute atomic E-state index is 0.0283. The van der Waals surface area contributed by atoms with Crippen molar-refractivity contribution in [2.75, 3.05) is 0 Å². The molecule has 0 aliphatic rings. The van der Waals surface area contributed by atoms with Gasteiger partial charge in [-0.2, -0.15) is 13.2 Å². The van der Waals surface area contributed by atoms with Crippen LogP contribution in [0.25, 0.3) is 0 Å². The Balaban J connectivity index is 3.60. The molecule has 0 aliphatic heterocycles. The summed E-state index contributed by atoms with van der Waals surface area (Å²) in [6.45, 7) is 0. The van der Waals surface area contributed by atoms with E-state index in [-0.39, 0.29) is 6.42 Å². The van der Waals surface area contributed by atoms with Crippen LogP contribution in [0.2, 0.25) is 0 Å². The highest BCUT2D eigenvalue weighted by Crippen LogP contribution is 2.21. The molecule has 0 aliphatic carbocycles. The number of alkyl halides is 3. The summed E-state index contributed by atoms with van der Waals surface area (Å²) in [7, 11) is 0. The smallest absolute Gasteiger partial charge is 0.327 e. The van der Waals surface area contributed by atoms with Crippen molar-refractivity contribution in [3.63, 3.8) is 0 Å². The molecule has 0 aromatic carbocycles. The molecular formula is C6H8F3N. The molecule has 2 N–H and O–H groups in total. The van der Waals surface area contributed by atoms with Gasteiger partial charge >= 0.3 is 6.18 Å². The van der Waals surface area contributed by atoms with Crippen LogP contribution in [0.3, 0.4) is 0 Å². The summed E-state index contributed by atoms with van der Waals surface area (Å²) >= 11 is 0. The van der Waals surface area contributed by atoms with Crippen molar-refractivity contribution in [3.8, 4) is 12.3 Å². The first-order chi connectivity index (χ1) is 4.45. The number of nitrogens with two attached hydrogens (primary N) is 1. The average molecular weight is 151 g/mol. The Labute approximate surface area is 57.4 Å². The summed E-state index contributed by atoms with van der Waals surface area (Å²) in [5.74, 6) is 2.07. The molecule has 0 saturated carbocycles. The molecule has 0 aromatic rings. The lowest BCUT2D eigenvalue weighted by atomic mass is 10.1. The quantitative estimate of drug-likeness (QED) is 0.591. The Kier molecular flexibility index (Phi) is 3.23. The van der Waals surface area contributed by atoms with E-state index in [9.17, 15) is 13.2 Å². The van der Waals surface area contributed by atoms with Gasteiger partial charge in [0.2, 0.25) is 0 Å². The molecule has 0 radical (unpaired) electrons. The fourth-order valence-electron chi connectivity index (χ4n) is 0.521. The lowest BCUT2D eigenvalue weighted by molar-refractivity contribution is -0.137. The third-order valence-electron chi connectivity index (χ3n) is 0.874. The van der Waals surface area contributed by atoms with E-state index in [4.69, 9.17) is 12.2 Å². The van der Waals surface area contributed by atoms with Gasteiger partial charge in [0.15, 0.2) is 0 Å². The fraction of sp³-hybridized carbons (Fsp3) is 0.667. The van der Waals surface area contributed by atoms with Crippen molar-refractivity contribution in [2.24, 2.45) is 5.73 Å². The Morgan fingerprint density at radius 3 is 2.30 bits per heavy atom. The highest BCUT2D eigenvalue weighted by atomic mass is 19.4. The van der Waals surface area contributed by atoms with E-state index < -0.39 is 18.6 Å². The summed E-state index contributed by atoms with van der Waals surface area (Å²) in [4.78, 5) is 0. The zero-order valence-corrected chi connectivity index (χ0v) is 5.28. The van der Waals surface area contributed by atoms with Crippen LogP contribution in [-0.2, 0) is 0 Å². The van der Waals surface area contributed by atoms with Gasteiger partial charge in [0.1, 0.15) is 0 Å². The molecule has 0 bridgehead atoms. The van der Waals surface area contributed by atoms with Gasteiger partial charge in [0.05, 0.1) is 6.42 Å². The molecule has 4 heteroatoms. The van der Waals surface area contributed by atoms with Crippen LogP contribution in [-0.4, -0.2) is 12.2 Å². The third-order valence-corrected chi connectivity index (χ3v) is 0.874. The van der Waals surface area contributed by atoms with Gasteiger partial charge in [-0.15, -0.1) is 12.3 Å². The van der Waals surface area contributed by atoms with E-state index in [0.717, 1.165) is 0 Å². The molecule has 0 saturated heterocycles. The van der Waals surface area contributed by atoms with Crippen molar-refractivity contribution >= 4 is 0 Å². The molecule has 10 heavy (non-hydrogen) atoms. The topological polar surface area (TPSA) is 26.0 Å². The molecule has 0 aromatic heterocycles. The van der Waals surface area contributed by atoms with Crippen LogP contribution in [0.15, 0.2) is 0 Å². The van der Waals surface area contributed by atoms with Gasteiger partial charge < -0.3 is 5.73 Å². The number of hydrogen-bond acceptors (Lipinski definition) is 1. The van der Waals surface area contributed by atoms with Crippen molar-refractivity contribution in [1.82, 2.24) is 0 Å². The minimum atomic E-state index is -4.20. The second-order valence-corrected chi connectivity index (χ2v) is 1.99. The van der Waals surface area contributed by atoms with Gasteiger partial charge in [-0.1, -0.05) is 0 Å². The summed E-state index contributed by atoms with van der Waals surface area (Å²) in [6.07, 6.45) is -0.478. The van der Waals surface area contributed by atoms with Crippen LogP contribution in [0.4, 0.5) is 13.2 Å². The van der Waals surface area contributed by atoms with Crippen molar-refractivity contribution in [1.29, 1.82) is 0 Å². The Hall–Kier alpha value is -0.690. The molecule has 0 amide bonds. The molecule has 58 valence electrons. The van der Waals surface area contributed by atoms with Crippen LogP contribution in [0, 0.1) is 12.3 Å². The van der Waals surface area contributed by atoms with Crippen molar-refractivity contribution in [3.05, 3.63) is 0 Å². The molecule has 0 spiro atoms. The zero-order valence-electron chi connectivity index (χ0n) is 5.28. The van der Waals surface area contributed by atoms with Crippen LogP contribution < -0.4 is 5.73 Å². The van der Waals surface area contributed by atoms with Gasteiger partial charge in [-0.25, -0.2) is 0 Å². The highest BCUT2D eigenvalue weighted by Gasteiger charge is 2.29. The summed E-state index contributed by atoms with van der Waals surface area (Å²) in [5.41, 5.74) is 5.01. The molecule has 1 nitrogen and oxygen atoms in total. The predicted octanol–water partition coefficient (Wildman–Crippen LogP) is 1.29. The van der Waals surface area contributed by atoms with Gasteiger partial charge in [-0.3, -0.25) is 0 Å². The standard InChI is InChI=1S/C6H8F3N/c1-2-3-5(10)4-6(7,8)9/h1,5H,3-4,10H2/t5-/m0/s1. The SMILES string of the molecule is C#CC[C@H](N)CC(F)(F)F. The highest BCUT2D eigenvalue weighted by molar-refractivity contribution is 4.89. The first-order valence-electron chi connectivity index (χ1n) is 2.71. The van der Waals surface area contributed by atoms with Crippen molar-refractivity contribution < 1.29 is 13.2 Å². The lowest BCUT2D eigenvalue weighted by Crippen LogP contribution is -2.26. The molecule has 0 heterocycles. The Morgan fingerprint density at radius 2 is 2.00 bits per heavy atom. The molecule has 0 rings (SSSR count). The van der Waals surface area contributed by atoms with E-state index in [1.165, 1.54) is 0 Å². The largest absolute Gasteiger partial charge is 0.390 e. The molecule has 0 unspecified atom stereocenters. The van der Waals surface area contributed by atoms with Gasteiger partial charge in [-0.05, 0) is 0 Å². The third kappa shape index (κ3) is 5.45.